The fraction of sp³-hybridized carbons (Fsp3) is 0.921. The Morgan fingerprint density at radius 3 is 1.16 bits per heavy atom. The Bertz CT molecular complexity index is 866. The molecule has 4 N–H and O–H groups in total. The summed E-state index contributed by atoms with van der Waals surface area (Å²) in [6, 6.07) is 0. The highest BCUT2D eigenvalue weighted by molar-refractivity contribution is 5.68. The molecule has 290 valence electrons. The summed E-state index contributed by atoms with van der Waals surface area (Å²) in [4.78, 5) is 40.8. The number of carbonyl (C=O) groups excluding carboxylic acids is 3. The van der Waals surface area contributed by atoms with Crippen molar-refractivity contribution < 1.29 is 28.6 Å². The molecule has 0 fully saturated rings. The first-order valence-corrected chi connectivity index (χ1v) is 19.3. The van der Waals surface area contributed by atoms with Gasteiger partial charge in [0.2, 0.25) is 0 Å². The number of carbonyl (C=O) groups is 3. The van der Waals surface area contributed by atoms with E-state index in [0.29, 0.717) is 19.6 Å². The normalized spacial score (nSPS) is 12.1. The maximum Gasteiger partial charge on any atom is 0.410 e. The topological polar surface area (TPSA) is 135 Å². The van der Waals surface area contributed by atoms with E-state index >= 15 is 0 Å². The summed E-state index contributed by atoms with van der Waals surface area (Å²) < 4.78 is 16.2. The van der Waals surface area contributed by atoms with Gasteiger partial charge in [-0.25, -0.2) is 14.4 Å². The summed E-state index contributed by atoms with van der Waals surface area (Å²) in [5.74, 6) is 0. The predicted octanol–water partition coefficient (Wildman–Crippen LogP) is 8.39. The van der Waals surface area contributed by atoms with Crippen LogP contribution < -0.4 is 16.4 Å². The fourth-order valence-corrected chi connectivity index (χ4v) is 5.22. The van der Waals surface area contributed by atoms with E-state index in [1.54, 1.807) is 0 Å². The van der Waals surface area contributed by atoms with Crippen molar-refractivity contribution in [2.45, 2.75) is 175 Å². The van der Waals surface area contributed by atoms with Gasteiger partial charge in [0.25, 0.3) is 0 Å². The maximum absolute atomic E-state index is 12.9. The van der Waals surface area contributed by atoms with Crippen LogP contribution >= 0.6 is 0 Å². The van der Waals surface area contributed by atoms with E-state index < -0.39 is 16.8 Å². The Kier molecular flexibility index (Phi) is 25.3. The van der Waals surface area contributed by atoms with Gasteiger partial charge < -0.3 is 40.4 Å². The second-order valence-electron chi connectivity index (χ2n) is 16.3. The molecule has 0 aromatic heterocycles. The third-order valence-electron chi connectivity index (χ3n) is 7.57. The number of rotatable bonds is 26. The minimum absolute atomic E-state index is 0.228. The molecule has 0 saturated carbocycles. The zero-order chi connectivity index (χ0) is 37.2. The maximum atomic E-state index is 12.9. The third-order valence-corrected chi connectivity index (χ3v) is 7.57. The number of ether oxygens (including phenoxy) is 3. The molecular weight excluding hydrogens is 622 g/mol. The summed E-state index contributed by atoms with van der Waals surface area (Å²) in [5, 5.41) is 5.65. The number of hydrogen-bond donors (Lipinski definition) is 3. The van der Waals surface area contributed by atoms with Gasteiger partial charge in [-0.05, 0) is 133 Å². The number of nitrogens with two attached hydrogens (primary N) is 1. The lowest BCUT2D eigenvalue weighted by Crippen LogP contribution is -2.38. The van der Waals surface area contributed by atoms with Crippen molar-refractivity contribution >= 4 is 18.3 Å². The van der Waals surface area contributed by atoms with Crippen LogP contribution in [0.4, 0.5) is 14.4 Å². The predicted molar refractivity (Wildman–Crippen MR) is 201 cm³/mol. The van der Waals surface area contributed by atoms with E-state index in [1.807, 2.05) is 67.2 Å². The van der Waals surface area contributed by atoms with Crippen LogP contribution in [0.5, 0.6) is 0 Å². The molecule has 11 nitrogen and oxygen atoms in total. The van der Waals surface area contributed by atoms with Crippen LogP contribution in [-0.4, -0.2) is 97.2 Å². The Balaban J connectivity index is 4.24. The highest BCUT2D eigenvalue weighted by Gasteiger charge is 2.22. The van der Waals surface area contributed by atoms with E-state index in [1.165, 1.54) is 25.7 Å². The average Bonchev–Trinajstić information content (AvgIpc) is 2.95. The first-order chi connectivity index (χ1) is 22.9. The number of hydrogen-bond acceptors (Lipinski definition) is 8. The summed E-state index contributed by atoms with van der Waals surface area (Å²) >= 11 is 0. The SMILES string of the molecule is CC(C)(C)OC(=O)NCCCCCCN(CCCN)CCCCCCCCN(CCCCCCNC(=O)OC(C)(C)C)C(=O)OC(C)(C)C. The first kappa shape index (κ1) is 46.7. The molecule has 0 aliphatic rings. The Labute approximate surface area is 300 Å². The second kappa shape index (κ2) is 26.5. The number of nitrogens with one attached hydrogen (secondary N) is 2. The molecular formula is C38H77N5O6. The molecule has 0 saturated heterocycles. The Morgan fingerprint density at radius 1 is 0.469 bits per heavy atom. The molecule has 0 rings (SSSR count). The van der Waals surface area contributed by atoms with Gasteiger partial charge in [-0.1, -0.05) is 51.4 Å². The van der Waals surface area contributed by atoms with Gasteiger partial charge in [0.1, 0.15) is 16.8 Å². The summed E-state index contributed by atoms with van der Waals surface area (Å²) in [6.07, 6.45) is 15.1. The van der Waals surface area contributed by atoms with E-state index in [4.69, 9.17) is 19.9 Å². The molecule has 0 aromatic rings. The van der Waals surface area contributed by atoms with Crippen LogP contribution in [0.1, 0.15) is 159 Å². The zero-order valence-electron chi connectivity index (χ0n) is 33.2. The van der Waals surface area contributed by atoms with Crippen LogP contribution in [0.25, 0.3) is 0 Å². The lowest BCUT2D eigenvalue weighted by atomic mass is 10.1. The highest BCUT2D eigenvalue weighted by Crippen LogP contribution is 2.14. The molecule has 49 heavy (non-hydrogen) atoms. The van der Waals surface area contributed by atoms with Gasteiger partial charge in [-0.2, -0.15) is 0 Å². The van der Waals surface area contributed by atoms with Crippen LogP contribution in [0, 0.1) is 0 Å². The molecule has 0 atom stereocenters. The molecule has 0 radical (unpaired) electrons. The highest BCUT2D eigenvalue weighted by atomic mass is 16.6. The lowest BCUT2D eigenvalue weighted by Gasteiger charge is -2.27. The summed E-state index contributed by atoms with van der Waals surface area (Å²) in [7, 11) is 0. The molecule has 11 heteroatoms. The van der Waals surface area contributed by atoms with E-state index in [2.05, 4.69) is 15.5 Å². The van der Waals surface area contributed by atoms with E-state index in [0.717, 1.165) is 103 Å². The number of nitrogens with zero attached hydrogens (tertiary/aromatic N) is 2. The molecule has 3 amide bonds. The first-order valence-electron chi connectivity index (χ1n) is 19.3. The second-order valence-corrected chi connectivity index (χ2v) is 16.3. The van der Waals surface area contributed by atoms with Gasteiger partial charge in [0, 0.05) is 26.2 Å². The smallest absolute Gasteiger partial charge is 0.410 e. The van der Waals surface area contributed by atoms with Crippen molar-refractivity contribution in [3.8, 4) is 0 Å². The quantitative estimate of drug-likeness (QED) is 0.0605. The average molecular weight is 700 g/mol. The molecule has 0 spiro atoms. The molecule has 0 aliphatic heterocycles. The van der Waals surface area contributed by atoms with Crippen molar-refractivity contribution in [2.75, 3.05) is 52.4 Å². The van der Waals surface area contributed by atoms with Gasteiger partial charge in [-0.15, -0.1) is 0 Å². The van der Waals surface area contributed by atoms with Crippen molar-refractivity contribution in [3.63, 3.8) is 0 Å². The molecule has 0 aliphatic carbocycles. The summed E-state index contributed by atoms with van der Waals surface area (Å²) in [5.41, 5.74) is 4.33. The number of unbranched alkanes of at least 4 members (excludes halogenated alkanes) is 11. The minimum atomic E-state index is -0.513. The molecule has 0 unspecified atom stereocenters. The third kappa shape index (κ3) is 32.7. The largest absolute Gasteiger partial charge is 0.444 e. The molecule has 0 bridgehead atoms. The fourth-order valence-electron chi connectivity index (χ4n) is 5.22. The van der Waals surface area contributed by atoms with Crippen LogP contribution in [0.3, 0.4) is 0 Å². The van der Waals surface area contributed by atoms with Crippen molar-refractivity contribution in [2.24, 2.45) is 5.73 Å². The van der Waals surface area contributed by atoms with E-state index in [-0.39, 0.29) is 18.3 Å². The number of alkyl carbamates (subject to hydrolysis) is 2. The molecule has 0 aromatic carbocycles. The van der Waals surface area contributed by atoms with Crippen LogP contribution in [0.2, 0.25) is 0 Å². The van der Waals surface area contributed by atoms with Crippen LogP contribution in [0.15, 0.2) is 0 Å². The van der Waals surface area contributed by atoms with Crippen LogP contribution in [-0.2, 0) is 14.2 Å². The van der Waals surface area contributed by atoms with Crippen molar-refractivity contribution in [3.05, 3.63) is 0 Å². The van der Waals surface area contributed by atoms with Crippen molar-refractivity contribution in [1.29, 1.82) is 0 Å². The van der Waals surface area contributed by atoms with Crippen molar-refractivity contribution in [1.82, 2.24) is 20.4 Å². The van der Waals surface area contributed by atoms with Gasteiger partial charge in [0.15, 0.2) is 0 Å². The molecule has 0 heterocycles. The van der Waals surface area contributed by atoms with E-state index in [9.17, 15) is 14.4 Å². The Morgan fingerprint density at radius 2 is 0.796 bits per heavy atom. The van der Waals surface area contributed by atoms with Gasteiger partial charge in [0.05, 0.1) is 0 Å². The van der Waals surface area contributed by atoms with Gasteiger partial charge >= 0.3 is 18.3 Å². The number of amides is 3. The monoisotopic (exact) mass is 700 g/mol. The summed E-state index contributed by atoms with van der Waals surface area (Å²) in [6.45, 7) is 23.6. The minimum Gasteiger partial charge on any atom is -0.444 e. The zero-order valence-corrected chi connectivity index (χ0v) is 33.2. The standard InChI is InChI=1S/C38H77N5O6/c1-36(2,3)47-33(44)40-26-18-12-16-21-29-42(30-24-25-39)28-20-14-10-11-15-22-31-43(35(46)49-38(7,8)9)32-23-17-13-19-27-41-34(45)48-37(4,5)6/h10-32,39H2,1-9H3,(H,40,44)(H,41,45). The Hall–Kier alpha value is -2.27. The van der Waals surface area contributed by atoms with Gasteiger partial charge in [-0.3, -0.25) is 0 Å². The lowest BCUT2D eigenvalue weighted by molar-refractivity contribution is 0.0242.